The highest BCUT2D eigenvalue weighted by Crippen LogP contribution is 2.13. The summed E-state index contributed by atoms with van der Waals surface area (Å²) < 4.78 is 32.1. The summed E-state index contributed by atoms with van der Waals surface area (Å²) in [5, 5.41) is 8.69. The van der Waals surface area contributed by atoms with Gasteiger partial charge in [0, 0.05) is 12.1 Å². The van der Waals surface area contributed by atoms with Gasteiger partial charge in [-0.3, -0.25) is 0 Å². The van der Waals surface area contributed by atoms with E-state index in [1.54, 1.807) is 18.2 Å². The van der Waals surface area contributed by atoms with E-state index in [0.717, 1.165) is 0 Å². The van der Waals surface area contributed by atoms with E-state index in [-0.39, 0.29) is 24.2 Å². The van der Waals surface area contributed by atoms with Crippen LogP contribution in [0.4, 0.5) is 0 Å². The van der Waals surface area contributed by atoms with Gasteiger partial charge in [0.2, 0.25) is 10.0 Å². The quantitative estimate of drug-likeness (QED) is 0.600. The molecule has 6 heteroatoms. The van der Waals surface area contributed by atoms with Crippen LogP contribution in [0.5, 0.6) is 0 Å². The monoisotopic (exact) mass is 297 g/mol. The summed E-state index contributed by atoms with van der Waals surface area (Å²) in [4.78, 5) is 0.102. The van der Waals surface area contributed by atoms with E-state index in [1.165, 1.54) is 6.07 Å². The largest absolute Gasteiger partial charge is 0.384 e. The summed E-state index contributed by atoms with van der Waals surface area (Å²) in [6.45, 7) is 3.95. The molecule has 0 spiro atoms. The fourth-order valence-electron chi connectivity index (χ4n) is 1.49. The van der Waals surface area contributed by atoms with Gasteiger partial charge < -0.3 is 9.84 Å². The summed E-state index contributed by atoms with van der Waals surface area (Å²) in [7, 11) is -3.63. The Balaban J connectivity index is 2.82. The highest BCUT2D eigenvalue weighted by Gasteiger charge is 2.16. The normalized spacial score (nSPS) is 11.2. The number of hydrogen-bond donors (Lipinski definition) is 2. The molecule has 0 saturated heterocycles. The fraction of sp³-hybridized carbons (Fsp3) is 0.429. The molecule has 0 aliphatic rings. The number of aliphatic hydroxyl groups is 1. The first-order chi connectivity index (χ1) is 9.47. The van der Waals surface area contributed by atoms with Crippen LogP contribution in [0.25, 0.3) is 0 Å². The smallest absolute Gasteiger partial charge is 0.241 e. The third-order valence-electron chi connectivity index (χ3n) is 2.32. The lowest BCUT2D eigenvalue weighted by Gasteiger charge is -2.10. The summed E-state index contributed by atoms with van der Waals surface area (Å²) in [6.07, 6.45) is 0.0576. The topological polar surface area (TPSA) is 75.6 Å². The van der Waals surface area contributed by atoms with Gasteiger partial charge >= 0.3 is 0 Å². The van der Waals surface area contributed by atoms with Crippen molar-refractivity contribution in [3.05, 3.63) is 29.8 Å². The Morgan fingerprint density at radius 2 is 2.05 bits per heavy atom. The standard InChI is InChI=1S/C14H19NO4S/c1-12(2)19-11-9-15-20(17,18)14-8-4-3-6-13(14)7-5-10-16/h3-4,6,8,12,15-16H,9-11H2,1-2H3. The molecule has 2 N–H and O–H groups in total. The third-order valence-corrected chi connectivity index (χ3v) is 3.84. The Morgan fingerprint density at radius 3 is 2.70 bits per heavy atom. The van der Waals surface area contributed by atoms with Crippen molar-refractivity contribution in [2.24, 2.45) is 0 Å². The molecule has 0 saturated carbocycles. The van der Waals surface area contributed by atoms with E-state index < -0.39 is 10.0 Å². The second kappa shape index (κ2) is 8.02. The minimum atomic E-state index is -3.63. The lowest BCUT2D eigenvalue weighted by Crippen LogP contribution is -2.28. The highest BCUT2D eigenvalue weighted by atomic mass is 32.2. The molecule has 0 bridgehead atoms. The maximum Gasteiger partial charge on any atom is 0.241 e. The summed E-state index contributed by atoms with van der Waals surface area (Å²) in [5.41, 5.74) is 0.360. The molecule has 0 unspecified atom stereocenters. The molecular formula is C14H19NO4S. The molecule has 20 heavy (non-hydrogen) atoms. The van der Waals surface area contributed by atoms with Crippen molar-refractivity contribution in [3.63, 3.8) is 0 Å². The average molecular weight is 297 g/mol. The minimum absolute atomic E-state index is 0.0576. The summed E-state index contributed by atoms with van der Waals surface area (Å²) in [5.74, 6) is 5.08. The predicted octanol–water partition coefficient (Wildman–Crippen LogP) is 0.734. The van der Waals surface area contributed by atoms with Crippen molar-refractivity contribution in [1.29, 1.82) is 0 Å². The van der Waals surface area contributed by atoms with Gasteiger partial charge in [0.15, 0.2) is 0 Å². The van der Waals surface area contributed by atoms with Crippen molar-refractivity contribution in [2.45, 2.75) is 24.8 Å². The molecular weight excluding hydrogens is 278 g/mol. The molecule has 5 nitrogen and oxygen atoms in total. The first kappa shape index (κ1) is 16.7. The highest BCUT2D eigenvalue weighted by molar-refractivity contribution is 7.89. The maximum absolute atomic E-state index is 12.2. The Kier molecular flexibility index (Phi) is 6.68. The van der Waals surface area contributed by atoms with Crippen molar-refractivity contribution in [2.75, 3.05) is 19.8 Å². The zero-order valence-corrected chi connectivity index (χ0v) is 12.4. The van der Waals surface area contributed by atoms with Crippen LogP contribution in [-0.4, -0.2) is 39.4 Å². The van der Waals surface area contributed by atoms with Crippen molar-refractivity contribution in [3.8, 4) is 11.8 Å². The molecule has 0 aromatic heterocycles. The second-order valence-corrected chi connectivity index (χ2v) is 6.01. The fourth-order valence-corrected chi connectivity index (χ4v) is 2.66. The van der Waals surface area contributed by atoms with Gasteiger partial charge in [0.25, 0.3) is 0 Å². The molecule has 0 heterocycles. The average Bonchev–Trinajstić information content (AvgIpc) is 2.41. The van der Waals surface area contributed by atoms with Crippen LogP contribution < -0.4 is 4.72 Å². The van der Waals surface area contributed by atoms with Crippen molar-refractivity contribution < 1.29 is 18.3 Å². The van der Waals surface area contributed by atoms with Crippen molar-refractivity contribution in [1.82, 2.24) is 4.72 Å². The lowest BCUT2D eigenvalue weighted by atomic mass is 10.2. The Labute approximate surface area is 120 Å². The molecule has 0 radical (unpaired) electrons. The van der Waals surface area contributed by atoms with E-state index >= 15 is 0 Å². The zero-order valence-electron chi connectivity index (χ0n) is 11.6. The number of sulfonamides is 1. The van der Waals surface area contributed by atoms with E-state index in [1.807, 2.05) is 13.8 Å². The molecule has 0 amide bonds. The zero-order chi connectivity index (χ0) is 15.0. The van der Waals surface area contributed by atoms with Crippen LogP contribution in [-0.2, 0) is 14.8 Å². The molecule has 0 aliphatic heterocycles. The summed E-state index contributed by atoms with van der Waals surface area (Å²) in [6, 6.07) is 6.40. The van der Waals surface area contributed by atoms with Crippen LogP contribution in [0, 0.1) is 11.8 Å². The Morgan fingerprint density at radius 1 is 1.35 bits per heavy atom. The number of nitrogens with one attached hydrogen (secondary N) is 1. The van der Waals surface area contributed by atoms with Crippen molar-refractivity contribution >= 4 is 10.0 Å². The van der Waals surface area contributed by atoms with Crippen LogP contribution in [0.2, 0.25) is 0 Å². The third kappa shape index (κ3) is 5.31. The van der Waals surface area contributed by atoms with Gasteiger partial charge in [0.1, 0.15) is 6.61 Å². The molecule has 1 aromatic rings. The van der Waals surface area contributed by atoms with Gasteiger partial charge in [0.05, 0.1) is 17.6 Å². The number of aliphatic hydroxyl groups excluding tert-OH is 1. The molecule has 110 valence electrons. The lowest BCUT2D eigenvalue weighted by molar-refractivity contribution is 0.0834. The van der Waals surface area contributed by atoms with E-state index in [9.17, 15) is 8.42 Å². The minimum Gasteiger partial charge on any atom is -0.384 e. The summed E-state index contributed by atoms with van der Waals surface area (Å²) >= 11 is 0. The molecule has 1 rings (SSSR count). The second-order valence-electron chi connectivity index (χ2n) is 4.27. The van der Waals surface area contributed by atoms with Gasteiger partial charge in [-0.1, -0.05) is 24.0 Å². The van der Waals surface area contributed by atoms with E-state index in [2.05, 4.69) is 16.6 Å². The van der Waals surface area contributed by atoms with Crippen LogP contribution in [0.3, 0.4) is 0 Å². The molecule has 0 atom stereocenters. The van der Waals surface area contributed by atoms with Crippen LogP contribution >= 0.6 is 0 Å². The number of hydrogen-bond acceptors (Lipinski definition) is 4. The first-order valence-corrected chi connectivity index (χ1v) is 7.75. The molecule has 1 aromatic carbocycles. The Hall–Kier alpha value is -1.39. The van der Waals surface area contributed by atoms with Gasteiger partial charge in [-0.2, -0.15) is 0 Å². The SMILES string of the molecule is CC(C)OCCNS(=O)(=O)c1ccccc1C#CCO. The van der Waals surface area contributed by atoms with Crippen LogP contribution in [0.1, 0.15) is 19.4 Å². The number of benzene rings is 1. The first-order valence-electron chi connectivity index (χ1n) is 6.27. The molecule has 0 fully saturated rings. The van der Waals surface area contributed by atoms with Gasteiger partial charge in [-0.05, 0) is 26.0 Å². The maximum atomic E-state index is 12.2. The van der Waals surface area contributed by atoms with E-state index in [0.29, 0.717) is 12.2 Å². The van der Waals surface area contributed by atoms with Gasteiger partial charge in [-0.15, -0.1) is 0 Å². The Bertz CT molecular complexity index is 585. The van der Waals surface area contributed by atoms with Crippen LogP contribution in [0.15, 0.2) is 29.2 Å². The number of ether oxygens (including phenoxy) is 1. The van der Waals surface area contributed by atoms with Gasteiger partial charge in [-0.25, -0.2) is 13.1 Å². The predicted molar refractivity (Wildman–Crippen MR) is 76.7 cm³/mol. The number of rotatable bonds is 6. The molecule has 0 aliphatic carbocycles. The van der Waals surface area contributed by atoms with E-state index in [4.69, 9.17) is 9.84 Å².